The number of furan rings is 1. The second-order valence-corrected chi connectivity index (χ2v) is 13.4. The molecular weight excluding hydrogens is 615 g/mol. The van der Waals surface area contributed by atoms with Crippen LogP contribution in [0.4, 0.5) is 5.69 Å². The predicted octanol–water partition coefficient (Wildman–Crippen LogP) is 13.6. The lowest BCUT2D eigenvalue weighted by atomic mass is 9.93. The van der Waals surface area contributed by atoms with Crippen LogP contribution in [0.3, 0.4) is 0 Å². The molecule has 2 heterocycles. The van der Waals surface area contributed by atoms with E-state index in [2.05, 4.69) is 159 Å². The van der Waals surface area contributed by atoms with Crippen LogP contribution in [0.5, 0.6) is 0 Å². The van der Waals surface area contributed by atoms with E-state index < -0.39 is 0 Å². The largest absolute Gasteiger partial charge is 0.455 e. The fourth-order valence-electron chi connectivity index (χ4n) is 7.13. The summed E-state index contributed by atoms with van der Waals surface area (Å²) < 4.78 is 8.17. The maximum Gasteiger partial charge on any atom is 0.143 e. The molecule has 238 valence electrons. The van der Waals surface area contributed by atoms with Crippen LogP contribution in [-0.2, 0) is 0 Å². The topological polar surface area (TPSA) is 16.4 Å². The van der Waals surface area contributed by atoms with Gasteiger partial charge in [0.15, 0.2) is 0 Å². The number of allylic oxidation sites excluding steroid dienone is 9. The molecule has 1 aliphatic rings. The highest BCUT2D eigenvalue weighted by molar-refractivity contribution is 7.20. The van der Waals surface area contributed by atoms with E-state index in [1.807, 2.05) is 23.5 Å². The molecule has 0 saturated heterocycles. The summed E-state index contributed by atoms with van der Waals surface area (Å²) in [6, 6.07) is 37.1. The maximum absolute atomic E-state index is 6.87. The SMILES string of the molecule is C=C/C=C\C=C\c1ccc(N(C2=C(c3cccc4c3oc3c5ccccc5ccc43)C=CCC2)/C(=C/C)c2sc3ccccc3c2C)cc1. The zero-order valence-corrected chi connectivity index (χ0v) is 28.6. The molecule has 0 atom stereocenters. The first-order valence-corrected chi connectivity index (χ1v) is 17.7. The quantitative estimate of drug-likeness (QED) is 0.152. The molecule has 2 nitrogen and oxygen atoms in total. The van der Waals surface area contributed by atoms with Gasteiger partial charge in [-0.1, -0.05) is 134 Å². The Morgan fingerprint density at radius 3 is 2.37 bits per heavy atom. The highest BCUT2D eigenvalue weighted by Crippen LogP contribution is 2.45. The molecule has 49 heavy (non-hydrogen) atoms. The molecule has 0 saturated carbocycles. The Bertz CT molecular complexity index is 2530. The Morgan fingerprint density at radius 2 is 1.55 bits per heavy atom. The minimum atomic E-state index is 0.903. The summed E-state index contributed by atoms with van der Waals surface area (Å²) in [5.74, 6) is 0. The van der Waals surface area contributed by atoms with Crippen LogP contribution in [0.15, 0.2) is 162 Å². The number of anilines is 1. The highest BCUT2D eigenvalue weighted by Gasteiger charge is 2.27. The molecule has 0 fully saturated rings. The van der Waals surface area contributed by atoms with Gasteiger partial charge in [-0.05, 0) is 72.9 Å². The third kappa shape index (κ3) is 5.47. The molecule has 0 spiro atoms. The normalized spacial score (nSPS) is 14.0. The summed E-state index contributed by atoms with van der Waals surface area (Å²) in [5, 5.41) is 5.93. The molecule has 0 unspecified atom stereocenters. The highest BCUT2D eigenvalue weighted by atomic mass is 32.1. The van der Waals surface area contributed by atoms with Crippen molar-refractivity contribution >= 4 is 77.2 Å². The van der Waals surface area contributed by atoms with E-state index in [1.54, 1.807) is 6.08 Å². The monoisotopic (exact) mass is 651 g/mol. The molecule has 0 bridgehead atoms. The number of thiophene rings is 1. The molecule has 2 aromatic heterocycles. The molecule has 0 aliphatic heterocycles. The van der Waals surface area contributed by atoms with E-state index in [1.165, 1.54) is 42.9 Å². The van der Waals surface area contributed by atoms with E-state index in [-0.39, 0.29) is 0 Å². The lowest BCUT2D eigenvalue weighted by Gasteiger charge is -2.33. The fourth-order valence-corrected chi connectivity index (χ4v) is 8.41. The minimum Gasteiger partial charge on any atom is -0.455 e. The molecular formula is C46H37NOS. The number of nitrogens with zero attached hydrogens (tertiary/aromatic N) is 1. The van der Waals surface area contributed by atoms with E-state index in [0.717, 1.165) is 57.0 Å². The second kappa shape index (κ2) is 13.1. The predicted molar refractivity (Wildman–Crippen MR) is 214 cm³/mol. The van der Waals surface area contributed by atoms with Gasteiger partial charge in [-0.25, -0.2) is 0 Å². The molecule has 3 heteroatoms. The van der Waals surface area contributed by atoms with Crippen LogP contribution in [0.2, 0.25) is 0 Å². The van der Waals surface area contributed by atoms with Crippen LogP contribution in [0.1, 0.15) is 41.3 Å². The van der Waals surface area contributed by atoms with Crippen molar-refractivity contribution in [3.8, 4) is 0 Å². The minimum absolute atomic E-state index is 0.903. The summed E-state index contributed by atoms with van der Waals surface area (Å²) in [5.41, 5.74) is 10.2. The molecule has 7 aromatic rings. The van der Waals surface area contributed by atoms with E-state index >= 15 is 0 Å². The van der Waals surface area contributed by atoms with Crippen molar-refractivity contribution in [1.29, 1.82) is 0 Å². The van der Waals surface area contributed by atoms with Gasteiger partial charge in [-0.3, -0.25) is 0 Å². The number of aryl methyl sites for hydroxylation is 1. The van der Waals surface area contributed by atoms with E-state index in [4.69, 9.17) is 4.42 Å². The first kappa shape index (κ1) is 30.7. The van der Waals surface area contributed by atoms with E-state index in [0.29, 0.717) is 0 Å². The van der Waals surface area contributed by atoms with Gasteiger partial charge in [-0.15, -0.1) is 11.3 Å². The number of para-hydroxylation sites is 1. The Kier molecular flexibility index (Phi) is 8.20. The van der Waals surface area contributed by atoms with Crippen molar-refractivity contribution in [2.45, 2.75) is 26.7 Å². The van der Waals surface area contributed by atoms with Gasteiger partial charge in [0, 0.05) is 43.4 Å². The van der Waals surface area contributed by atoms with Crippen LogP contribution in [-0.4, -0.2) is 0 Å². The van der Waals surface area contributed by atoms with Crippen molar-refractivity contribution in [2.24, 2.45) is 0 Å². The maximum atomic E-state index is 6.87. The van der Waals surface area contributed by atoms with Crippen LogP contribution in [0, 0.1) is 6.92 Å². The molecule has 1 aliphatic carbocycles. The summed E-state index contributed by atoms with van der Waals surface area (Å²) >= 11 is 1.87. The molecule has 0 radical (unpaired) electrons. The zero-order valence-electron chi connectivity index (χ0n) is 27.8. The Hall–Kier alpha value is -5.64. The average molecular weight is 652 g/mol. The smallest absolute Gasteiger partial charge is 0.143 e. The van der Waals surface area contributed by atoms with Crippen molar-refractivity contribution in [1.82, 2.24) is 0 Å². The Morgan fingerprint density at radius 1 is 0.776 bits per heavy atom. The van der Waals surface area contributed by atoms with Crippen molar-refractivity contribution in [2.75, 3.05) is 4.90 Å². The number of rotatable bonds is 8. The summed E-state index contributed by atoms with van der Waals surface area (Å²) in [6.45, 7) is 8.20. The van der Waals surface area contributed by atoms with Crippen molar-refractivity contribution < 1.29 is 4.42 Å². The zero-order chi connectivity index (χ0) is 33.3. The van der Waals surface area contributed by atoms with Gasteiger partial charge in [0.1, 0.15) is 11.2 Å². The third-order valence-electron chi connectivity index (χ3n) is 9.48. The fraction of sp³-hybridized carbons (Fsp3) is 0.0870. The number of benzene rings is 5. The summed E-state index contributed by atoms with van der Waals surface area (Å²) in [6.07, 6.45) is 18.7. The second-order valence-electron chi connectivity index (χ2n) is 12.4. The Balaban J connectivity index is 1.35. The lowest BCUT2D eigenvalue weighted by Crippen LogP contribution is -2.23. The number of hydrogen-bond donors (Lipinski definition) is 0. The third-order valence-corrected chi connectivity index (χ3v) is 10.8. The standard InChI is InChI=1S/C46H37NOS/c1-4-6-7-8-16-32-25-28-34(29-26-32)47(41(5-2)46-31(3)35-18-12-14-24-43(35)49-46)42-23-13-11-20-37(42)38-21-15-22-39-40-30-27-33-17-9-10-19-36(33)44(40)48-45(38)39/h4-12,14-22,24-30H,1,13,23H2,2-3H3/b7-6-,16-8+,41-5+. The van der Waals surface area contributed by atoms with Crippen LogP contribution < -0.4 is 4.90 Å². The Labute approximate surface area is 291 Å². The lowest BCUT2D eigenvalue weighted by molar-refractivity contribution is 0.671. The molecule has 0 N–H and O–H groups in total. The van der Waals surface area contributed by atoms with Crippen molar-refractivity contribution in [3.05, 3.63) is 180 Å². The van der Waals surface area contributed by atoms with Gasteiger partial charge in [0.2, 0.25) is 0 Å². The summed E-state index contributed by atoms with van der Waals surface area (Å²) in [4.78, 5) is 3.79. The van der Waals surface area contributed by atoms with Gasteiger partial charge in [-0.2, -0.15) is 0 Å². The molecule has 5 aromatic carbocycles. The van der Waals surface area contributed by atoms with E-state index in [9.17, 15) is 0 Å². The van der Waals surface area contributed by atoms with Crippen LogP contribution >= 0.6 is 11.3 Å². The molecule has 0 amide bonds. The first-order valence-electron chi connectivity index (χ1n) is 16.9. The molecule has 8 rings (SSSR count). The van der Waals surface area contributed by atoms with Crippen molar-refractivity contribution in [3.63, 3.8) is 0 Å². The first-order chi connectivity index (χ1) is 24.2. The van der Waals surface area contributed by atoms with Gasteiger partial charge in [0.25, 0.3) is 0 Å². The summed E-state index contributed by atoms with van der Waals surface area (Å²) in [7, 11) is 0. The average Bonchev–Trinajstić information content (AvgIpc) is 3.70. The van der Waals surface area contributed by atoms with Gasteiger partial charge >= 0.3 is 0 Å². The number of hydrogen-bond acceptors (Lipinski definition) is 3. The van der Waals surface area contributed by atoms with Crippen LogP contribution in [0.25, 0.3) is 60.1 Å². The van der Waals surface area contributed by atoms with Gasteiger partial charge in [0.05, 0.1) is 10.6 Å². The van der Waals surface area contributed by atoms with Gasteiger partial charge < -0.3 is 9.32 Å². The number of fused-ring (bicyclic) bond motifs is 6.